The number of carboxylic acids is 1. The molecule has 2 N–H and O–H groups in total. The van der Waals surface area contributed by atoms with Gasteiger partial charge in [0, 0.05) is 6.42 Å². The molecule has 1 amide bonds. The molecule has 0 aromatic heterocycles. The summed E-state index contributed by atoms with van der Waals surface area (Å²) in [6.07, 6.45) is -0.354. The van der Waals surface area contributed by atoms with E-state index < -0.39 is 24.1 Å². The number of β-lactam (4-membered cyclic amide) rings is 1. The summed E-state index contributed by atoms with van der Waals surface area (Å²) in [5.74, 6) is -1.92. The predicted octanol–water partition coefficient (Wildman–Crippen LogP) is 0.510. The van der Waals surface area contributed by atoms with Crippen molar-refractivity contribution in [2.24, 2.45) is 0 Å². The number of ether oxygens (including phenoxy) is 2. The van der Waals surface area contributed by atoms with Gasteiger partial charge in [-0.3, -0.25) is 9.69 Å². The van der Waals surface area contributed by atoms with Gasteiger partial charge in [0.25, 0.3) is 5.72 Å². The fourth-order valence-electron chi connectivity index (χ4n) is 2.21. The molecule has 8 nitrogen and oxygen atoms in total. The lowest BCUT2D eigenvalue weighted by molar-refractivity contribution is -0.179. The van der Waals surface area contributed by atoms with Crippen molar-refractivity contribution in [3.63, 3.8) is 0 Å². The van der Waals surface area contributed by atoms with Crippen LogP contribution in [0, 0.1) is 0 Å². The van der Waals surface area contributed by atoms with E-state index in [1.54, 1.807) is 0 Å². The number of carbonyl (C=O) groups is 3. The van der Waals surface area contributed by atoms with Crippen molar-refractivity contribution in [1.82, 2.24) is 4.90 Å². The highest BCUT2D eigenvalue weighted by Gasteiger charge is 2.63. The van der Waals surface area contributed by atoms with E-state index in [9.17, 15) is 14.4 Å². The smallest absolute Gasteiger partial charge is 0.478 e. The molecule has 1 unspecified atom stereocenters. The van der Waals surface area contributed by atoms with Crippen molar-refractivity contribution >= 4 is 18.0 Å². The van der Waals surface area contributed by atoms with E-state index in [1.807, 2.05) is 0 Å². The molecule has 2 aliphatic heterocycles. The summed E-state index contributed by atoms with van der Waals surface area (Å²) in [5.41, 5.74) is -1.77. The van der Waals surface area contributed by atoms with Gasteiger partial charge < -0.3 is 19.7 Å². The van der Waals surface area contributed by atoms with E-state index in [0.717, 1.165) is 4.90 Å². The molecule has 2 aliphatic rings. The average molecular weight is 269 g/mol. The summed E-state index contributed by atoms with van der Waals surface area (Å²) in [7, 11) is 0. The molecular weight excluding hydrogens is 258 g/mol. The number of hydrogen-bond donors (Lipinski definition) is 2. The molecule has 0 bridgehead atoms. The van der Waals surface area contributed by atoms with Crippen LogP contribution in [-0.2, 0) is 19.1 Å². The van der Waals surface area contributed by atoms with Gasteiger partial charge in [0.15, 0.2) is 12.0 Å². The lowest BCUT2D eigenvalue weighted by Gasteiger charge is -2.40. The van der Waals surface area contributed by atoms with Crippen LogP contribution < -0.4 is 0 Å². The molecule has 0 radical (unpaired) electrons. The van der Waals surface area contributed by atoms with Crippen LogP contribution in [0.15, 0.2) is 24.5 Å². The second-order valence-electron chi connectivity index (χ2n) is 4.03. The lowest BCUT2D eigenvalue weighted by Crippen LogP contribution is -2.60. The SMILES string of the molecule is C=CCC1(OC(=O)O)C(=CC(=O)O)O[C@@H]2CC(=O)N21. The van der Waals surface area contributed by atoms with Gasteiger partial charge in [-0.15, -0.1) is 6.58 Å². The van der Waals surface area contributed by atoms with Gasteiger partial charge in [-0.05, 0) is 0 Å². The monoisotopic (exact) mass is 269 g/mol. The summed E-state index contributed by atoms with van der Waals surface area (Å²) in [5, 5.41) is 17.6. The Morgan fingerprint density at radius 2 is 2.26 bits per heavy atom. The molecule has 2 saturated heterocycles. The Bertz CT molecular complexity index is 497. The van der Waals surface area contributed by atoms with E-state index in [2.05, 4.69) is 6.58 Å². The minimum absolute atomic E-state index is 0.0544. The van der Waals surface area contributed by atoms with E-state index in [0.29, 0.717) is 6.08 Å². The van der Waals surface area contributed by atoms with Crippen LogP contribution in [-0.4, -0.2) is 45.1 Å². The van der Waals surface area contributed by atoms with Crippen LogP contribution >= 0.6 is 0 Å². The molecule has 2 fully saturated rings. The number of carbonyl (C=O) groups excluding carboxylic acids is 1. The van der Waals surface area contributed by atoms with Crippen LogP contribution in [0.3, 0.4) is 0 Å². The number of fused-ring (bicyclic) bond motifs is 1. The number of carboxylic acid groups (broad SMARTS) is 2. The first kappa shape index (κ1) is 12.9. The fraction of sp³-hybridized carbons (Fsp3) is 0.364. The molecule has 0 aromatic carbocycles. The topological polar surface area (TPSA) is 113 Å². The van der Waals surface area contributed by atoms with Crippen LogP contribution in [0.1, 0.15) is 12.8 Å². The van der Waals surface area contributed by atoms with E-state index >= 15 is 0 Å². The number of aliphatic carboxylic acids is 1. The highest BCUT2D eigenvalue weighted by Crippen LogP contribution is 2.46. The zero-order valence-electron chi connectivity index (χ0n) is 9.74. The Balaban J connectivity index is 2.47. The first-order valence-electron chi connectivity index (χ1n) is 5.37. The molecule has 19 heavy (non-hydrogen) atoms. The van der Waals surface area contributed by atoms with Crippen molar-refractivity contribution in [2.45, 2.75) is 24.8 Å². The number of amides is 1. The van der Waals surface area contributed by atoms with Gasteiger partial charge >= 0.3 is 12.1 Å². The Hall–Kier alpha value is -2.51. The first-order valence-corrected chi connectivity index (χ1v) is 5.37. The normalized spacial score (nSPS) is 30.3. The predicted molar refractivity (Wildman–Crippen MR) is 58.7 cm³/mol. The maximum Gasteiger partial charge on any atom is 0.508 e. The second kappa shape index (κ2) is 4.30. The molecule has 0 aromatic rings. The summed E-state index contributed by atoms with van der Waals surface area (Å²) < 4.78 is 10.0. The summed E-state index contributed by atoms with van der Waals surface area (Å²) in [6, 6.07) is 0. The lowest BCUT2D eigenvalue weighted by atomic mass is 10.0. The Labute approximate surface area is 107 Å². The second-order valence-corrected chi connectivity index (χ2v) is 4.03. The third-order valence-electron chi connectivity index (χ3n) is 2.87. The van der Waals surface area contributed by atoms with Gasteiger partial charge in [-0.2, -0.15) is 0 Å². The Morgan fingerprint density at radius 1 is 1.58 bits per heavy atom. The van der Waals surface area contributed by atoms with Gasteiger partial charge in [0.1, 0.15) is 0 Å². The number of nitrogens with zero attached hydrogens (tertiary/aromatic N) is 1. The van der Waals surface area contributed by atoms with Crippen molar-refractivity contribution in [3.8, 4) is 0 Å². The number of rotatable bonds is 4. The fourth-order valence-corrected chi connectivity index (χ4v) is 2.21. The molecule has 2 atom stereocenters. The van der Waals surface area contributed by atoms with Gasteiger partial charge in [-0.1, -0.05) is 6.08 Å². The molecule has 0 saturated carbocycles. The molecule has 0 spiro atoms. The highest BCUT2D eigenvalue weighted by molar-refractivity contribution is 5.86. The van der Waals surface area contributed by atoms with Crippen LogP contribution in [0.5, 0.6) is 0 Å². The zero-order valence-corrected chi connectivity index (χ0v) is 9.74. The van der Waals surface area contributed by atoms with Crippen LogP contribution in [0.4, 0.5) is 4.79 Å². The summed E-state index contributed by atoms with van der Waals surface area (Å²) in [4.78, 5) is 34.2. The minimum Gasteiger partial charge on any atom is -0.478 e. The molecule has 2 rings (SSSR count). The van der Waals surface area contributed by atoms with E-state index in [4.69, 9.17) is 19.7 Å². The highest BCUT2D eigenvalue weighted by atomic mass is 16.7. The maximum absolute atomic E-state index is 11.6. The maximum atomic E-state index is 11.6. The molecule has 0 aliphatic carbocycles. The third-order valence-corrected chi connectivity index (χ3v) is 2.87. The zero-order chi connectivity index (χ0) is 14.2. The minimum atomic E-state index is -1.77. The quantitative estimate of drug-likeness (QED) is 0.331. The summed E-state index contributed by atoms with van der Waals surface area (Å²) >= 11 is 0. The van der Waals surface area contributed by atoms with E-state index in [1.165, 1.54) is 6.08 Å². The van der Waals surface area contributed by atoms with Crippen molar-refractivity contribution < 1.29 is 34.1 Å². The van der Waals surface area contributed by atoms with Gasteiger partial charge in [0.2, 0.25) is 5.91 Å². The largest absolute Gasteiger partial charge is 0.508 e. The van der Waals surface area contributed by atoms with Gasteiger partial charge in [0.05, 0.1) is 12.5 Å². The molecular formula is C11H11NO7. The Kier molecular flexibility index (Phi) is 2.93. The Morgan fingerprint density at radius 3 is 2.74 bits per heavy atom. The van der Waals surface area contributed by atoms with Gasteiger partial charge in [-0.25, -0.2) is 9.59 Å². The van der Waals surface area contributed by atoms with E-state index in [-0.39, 0.29) is 24.5 Å². The first-order chi connectivity index (χ1) is 8.90. The van der Waals surface area contributed by atoms with Crippen molar-refractivity contribution in [3.05, 3.63) is 24.5 Å². The molecule has 2 heterocycles. The molecule has 102 valence electrons. The summed E-state index contributed by atoms with van der Waals surface area (Å²) in [6.45, 7) is 3.46. The van der Waals surface area contributed by atoms with Crippen molar-refractivity contribution in [1.29, 1.82) is 0 Å². The van der Waals surface area contributed by atoms with Crippen LogP contribution in [0.25, 0.3) is 0 Å². The standard InChI is InChI=1S/C11H11NO7/c1-2-3-11(19-10(16)17)6(4-9(14)15)18-8-5-7(13)12(8)11/h2,4,8H,1,3,5H2,(H,14,15)(H,16,17)/t8-,11?/m1/s1. The average Bonchev–Trinajstić information content (AvgIpc) is 2.46. The van der Waals surface area contributed by atoms with Crippen LogP contribution in [0.2, 0.25) is 0 Å². The third kappa shape index (κ3) is 1.90. The van der Waals surface area contributed by atoms with Crippen molar-refractivity contribution in [2.75, 3.05) is 0 Å². The number of hydrogen-bond acceptors (Lipinski definition) is 5. The molecule has 8 heteroatoms.